The molecule has 4 aromatic rings. The summed E-state index contributed by atoms with van der Waals surface area (Å²) >= 11 is 5.93. The maximum Gasteiger partial charge on any atom is 0.474 e. The van der Waals surface area contributed by atoms with E-state index in [0.29, 0.717) is 108 Å². The number of anilines is 1. The minimum Gasteiger partial charge on any atom is -1.00 e. The molecule has 2 atom stereocenters. The molecular weight excluding hydrogens is 2040 g/mol. The lowest BCUT2D eigenvalue weighted by atomic mass is 9.98. The molecular formula is C99H162Cl2N17O24PS4. The zero-order valence-electron chi connectivity index (χ0n) is 90.6. The molecule has 2 aromatic carbocycles. The van der Waals surface area contributed by atoms with E-state index in [2.05, 4.69) is 50.2 Å². The summed E-state index contributed by atoms with van der Waals surface area (Å²) in [4.78, 5) is 102. The Morgan fingerprint density at radius 2 is 0.959 bits per heavy atom. The number of rotatable bonds is 18. The largest absolute Gasteiger partial charge is 1.00 e. The number of hydrogen-bond donors (Lipinski definition) is 5. The number of halogens is 2. The third-order valence-corrected chi connectivity index (χ3v) is 27.1. The number of fused-ring (bicyclic) bond motifs is 1. The molecule has 147 heavy (non-hydrogen) atoms. The van der Waals surface area contributed by atoms with Crippen LogP contribution in [0.2, 0.25) is 5.15 Å². The van der Waals surface area contributed by atoms with E-state index in [9.17, 15) is 71.8 Å². The van der Waals surface area contributed by atoms with Crippen LogP contribution < -0.4 is 45.3 Å². The van der Waals surface area contributed by atoms with Crippen LogP contribution in [0, 0.1) is 79.1 Å². The molecule has 2 unspecified atom stereocenters. The molecule has 1 aliphatic carbocycles. The minimum absolute atomic E-state index is 0. The first-order chi connectivity index (χ1) is 67.4. The molecule has 0 bridgehead atoms. The van der Waals surface area contributed by atoms with Gasteiger partial charge < -0.3 is 74.4 Å². The van der Waals surface area contributed by atoms with E-state index in [1.54, 1.807) is 111 Å². The first kappa shape index (κ1) is 137. The maximum atomic E-state index is 12.2. The van der Waals surface area contributed by atoms with Crippen molar-refractivity contribution >= 4 is 119 Å². The molecule has 830 valence electrons. The van der Waals surface area contributed by atoms with Crippen molar-refractivity contribution in [2.45, 2.75) is 320 Å². The van der Waals surface area contributed by atoms with E-state index >= 15 is 0 Å². The van der Waals surface area contributed by atoms with E-state index in [4.69, 9.17) is 76.6 Å². The Balaban J connectivity index is 0.00000165. The van der Waals surface area contributed by atoms with Crippen LogP contribution in [0.25, 0.3) is 15.7 Å². The second-order valence-corrected chi connectivity index (χ2v) is 50.0. The number of hydrogen-bond acceptors (Lipinski definition) is 30. The number of ether oxygens (including phenoxy) is 6. The molecule has 48 heteroatoms. The molecule has 4 saturated heterocycles. The van der Waals surface area contributed by atoms with Gasteiger partial charge in [0.25, 0.3) is 20.0 Å². The number of ketones is 1. The first-order valence-corrected chi connectivity index (χ1v) is 57.0. The van der Waals surface area contributed by atoms with Gasteiger partial charge >= 0.3 is 70.5 Å². The molecule has 6 heterocycles. The summed E-state index contributed by atoms with van der Waals surface area (Å²) in [6.45, 7) is 54.3. The van der Waals surface area contributed by atoms with Gasteiger partial charge in [0, 0.05) is 128 Å². The van der Waals surface area contributed by atoms with E-state index < -0.39 is 99.7 Å². The van der Waals surface area contributed by atoms with Gasteiger partial charge in [-0.1, -0.05) is 64.5 Å². The molecule has 5 aliphatic rings. The molecule has 9 rings (SSSR count). The highest BCUT2D eigenvalue weighted by Crippen LogP contribution is 2.47. The van der Waals surface area contributed by atoms with Crippen molar-refractivity contribution in [3.8, 4) is 18.2 Å². The van der Waals surface area contributed by atoms with Gasteiger partial charge in [-0.25, -0.2) is 68.3 Å². The maximum absolute atomic E-state index is 12.2. The van der Waals surface area contributed by atoms with Crippen molar-refractivity contribution in [2.75, 3.05) is 110 Å². The van der Waals surface area contributed by atoms with Crippen LogP contribution in [0.15, 0.2) is 83.8 Å². The average Bonchev–Trinajstić information content (AvgIpc) is 1.38. The average molecular weight is 2200 g/mol. The Bertz CT molecular complexity index is 5510. The van der Waals surface area contributed by atoms with Gasteiger partial charge in [-0.15, -0.1) is 8.42 Å². The first-order valence-electron chi connectivity index (χ1n) is 48.8. The predicted molar refractivity (Wildman–Crippen MR) is 561 cm³/mol. The zero-order valence-corrected chi connectivity index (χ0v) is 96.2. The van der Waals surface area contributed by atoms with Crippen LogP contribution in [0.4, 0.5) is 34.5 Å². The number of carbonyl (C=O) groups excluding carboxylic acids is 7. The highest BCUT2D eigenvalue weighted by atomic mass is 35.5. The van der Waals surface area contributed by atoms with Crippen LogP contribution in [0.5, 0.6) is 0 Å². The molecule has 6 amide bonds. The number of carbonyl (C=O) groups is 7. The quantitative estimate of drug-likeness (QED) is 0.0117. The Morgan fingerprint density at radius 1 is 0.544 bits per heavy atom. The van der Waals surface area contributed by atoms with Gasteiger partial charge in [0.15, 0.2) is 12.4 Å². The fourth-order valence-corrected chi connectivity index (χ4v) is 18.0. The van der Waals surface area contributed by atoms with E-state index in [1.165, 1.54) is 67.7 Å². The van der Waals surface area contributed by atoms with Crippen molar-refractivity contribution in [2.24, 2.45) is 22.9 Å². The third-order valence-electron chi connectivity index (χ3n) is 20.8. The topological polar surface area (TPSA) is 543 Å². The van der Waals surface area contributed by atoms with Crippen molar-refractivity contribution in [3.05, 3.63) is 112 Å². The van der Waals surface area contributed by atoms with Gasteiger partial charge in [-0.3, -0.25) is 14.2 Å². The number of amides is 6. The fourth-order valence-electron chi connectivity index (χ4n) is 13.7. The van der Waals surface area contributed by atoms with Crippen molar-refractivity contribution < 1.29 is 126 Å². The molecule has 5 fully saturated rings. The summed E-state index contributed by atoms with van der Waals surface area (Å²) in [5, 5.41) is 31.9. The summed E-state index contributed by atoms with van der Waals surface area (Å²) in [5.74, 6) is 0.748. The molecule has 0 spiro atoms. The highest BCUT2D eigenvalue weighted by Gasteiger charge is 2.34. The number of aryl methyl sites for hydroxylation is 3. The van der Waals surface area contributed by atoms with Gasteiger partial charge in [-0.2, -0.15) is 42.1 Å². The molecule has 41 nitrogen and oxygen atoms in total. The zero-order chi connectivity index (χ0) is 111. The lowest BCUT2D eigenvalue weighted by Crippen LogP contribution is -3.00. The molecule has 2 aromatic heterocycles. The number of aromatic nitrogens is 3. The van der Waals surface area contributed by atoms with Crippen molar-refractivity contribution in [3.63, 3.8) is 0 Å². The number of nitriles is 3. The normalized spacial score (nSPS) is 16.4. The van der Waals surface area contributed by atoms with Crippen LogP contribution in [0.1, 0.15) is 277 Å². The molecule has 6 N–H and O–H groups in total. The molecule has 1 saturated carbocycles. The molecule has 4 aliphatic heterocycles. The summed E-state index contributed by atoms with van der Waals surface area (Å²) in [6.07, 6.45) is 19.7. The van der Waals surface area contributed by atoms with Gasteiger partial charge in [-0.05, 0) is 289 Å². The smallest absolute Gasteiger partial charge is 0.474 e. The number of nitrogens with zero attached hydrogens (tertiary/aromatic N) is 12. The summed E-state index contributed by atoms with van der Waals surface area (Å²) in [5.41, 5.74) is 2.86. The fraction of sp³-hybridized carbons (Fsp3) is 0.677. The highest BCUT2D eigenvalue weighted by molar-refractivity contribution is 7.91. The third kappa shape index (κ3) is 64.3. The Kier molecular flexibility index (Phi) is 61.5. The van der Waals surface area contributed by atoms with Gasteiger partial charge in [0.2, 0.25) is 0 Å². The number of likely N-dealkylation sites (tertiary alicyclic amines) is 4. The summed E-state index contributed by atoms with van der Waals surface area (Å²) in [6, 6.07) is 19.8. The minimum atomic E-state index is -4.00. The number of benzene rings is 2. The number of sulfone groups is 1. The Morgan fingerprint density at radius 3 is 1.39 bits per heavy atom. The van der Waals surface area contributed by atoms with Crippen LogP contribution in [0.3, 0.4) is 0 Å². The number of nitrogens with one attached hydrogen (secondary N) is 4. The summed E-state index contributed by atoms with van der Waals surface area (Å²) in [7, 11) is -14.3. The van der Waals surface area contributed by atoms with Crippen LogP contribution in [-0.4, -0.2) is 244 Å². The van der Waals surface area contributed by atoms with Crippen LogP contribution in [-0.2, 0) is 87.3 Å². The van der Waals surface area contributed by atoms with Crippen LogP contribution >= 0.6 is 19.2 Å². The van der Waals surface area contributed by atoms with Gasteiger partial charge in [0.05, 0.1) is 41.8 Å². The number of nitrogens with two attached hydrogens (primary N) is 1. The second kappa shape index (κ2) is 66.0. The van der Waals surface area contributed by atoms with E-state index in [0.717, 1.165) is 109 Å². The van der Waals surface area contributed by atoms with Gasteiger partial charge in [0.1, 0.15) is 57.0 Å². The number of pyridine rings is 1. The predicted octanol–water partition coefficient (Wildman–Crippen LogP) is 14.9. The monoisotopic (exact) mass is 2200 g/mol. The Labute approximate surface area is 885 Å². The SMILES string of the molecule is CC(C)(C)OC(=O)N1CCC/C(=C/C#N)CC1.CC(C)(C)OC(=O)N1CCCC(=O)CC1.CC(C)(C)OC(=O)N1CCCC(CC#N)CC1.CC(C)(C)OC(=O)NS(=O)(=O)NCC1CCCN(C(=O)OC(C)(C)C)CC1.CCOP(=O)(CC#N)OCC.CN(C)c1cc[n+](S(=O)(=O)NC(=O)OC(C)(C)C)cc1.Cc1cc2ncnc(Cl)c2cc1C.NS(=O)(=O)NCC1CCCCCC1.[C-]#[N+]CS(=O)(=O)c1ccc(C)cc1.[Cl-]. The van der Waals surface area contributed by atoms with E-state index in [-0.39, 0.29) is 66.1 Å². The van der Waals surface area contributed by atoms with E-state index in [1.807, 2.05) is 131 Å². The lowest BCUT2D eigenvalue weighted by molar-refractivity contribution is -0.512. The number of Topliss-reactive ketones (excluding diaryl/α,β-unsaturated/α-hetero) is 1. The lowest BCUT2D eigenvalue weighted by Gasteiger charge is -2.26. The Hall–Kier alpha value is -9.87. The number of allylic oxidation sites excluding steroid dienone is 1. The standard InChI is InChI=1S/C17H33N3O6S.C13H22N2O2.C13H20N2O2.C12H19N3O4S.C11H19NO3.C10H9ClN2.C9H9NO2S.C8H18N2O2S.C6H12NO3P.ClH/c1-16(2,3)25-14(21)19-27(23,24)18-12-13-8-7-10-20(11-9-13)15(22)26-17(4,5)6;2*1-13(2,3)17-12(16)15-9-4-5-11(6-8-14)7-10-15;1-12(2,3)19-11(16)13-20(17,18)15-8-6-10(7-9-15)14(4)5;1-11(2,3)15-10(14)12-7-4-5-9(13)6-8-12;1-6-3-8-9(4-7(6)2)12-5-13-10(8)11;1-8-3-5-9(6-4-8)13(11,12)7-10-2;9-13(11,12)10-7-8-5-3-1-2-4-6-8;1-3-9-11(8,6-5-7)10-4-2;/h13,18H,7-12H2,1-6H3,(H,19,21);11H,4-7,9-10H2,1-3H3;6H,4-5,7,9-10H2,1-3H3;6-9H,1-5H3;4-8H2,1-3H3;3-5H,1-2H3;3-6H,7H2,1H3;8,10H,1-7H2,(H2,9,11,12);3-4,6H2,1-2H3;1H/b;;11-6-;;;;;;;. The summed E-state index contributed by atoms with van der Waals surface area (Å²) < 4.78 is 153. The van der Waals surface area contributed by atoms with Crippen molar-refractivity contribution in [1.82, 2.24) is 48.5 Å². The second-order valence-electron chi connectivity index (χ2n) is 41.2. The molecule has 0 radical (unpaired) electrons. The van der Waals surface area contributed by atoms with Crippen molar-refractivity contribution in [1.29, 1.82) is 15.8 Å².